The van der Waals surface area contributed by atoms with E-state index in [1.807, 2.05) is 13.0 Å². The van der Waals surface area contributed by atoms with E-state index in [0.29, 0.717) is 5.92 Å². The van der Waals surface area contributed by atoms with Crippen molar-refractivity contribution in [1.29, 1.82) is 5.26 Å². The maximum atomic E-state index is 8.46. The Balaban J connectivity index is 3.84. The van der Waals surface area contributed by atoms with Crippen LogP contribution < -0.4 is 0 Å². The summed E-state index contributed by atoms with van der Waals surface area (Å²) in [5.74, 6) is 0.567. The van der Waals surface area contributed by atoms with Crippen LogP contribution in [0.4, 0.5) is 0 Å². The number of alkyl halides is 1. The molecule has 0 aromatic rings. The lowest BCUT2D eigenvalue weighted by atomic mass is 9.97. The minimum atomic E-state index is -0.335. The van der Waals surface area contributed by atoms with Crippen LogP contribution in [0.1, 0.15) is 33.6 Å². The second-order valence-electron chi connectivity index (χ2n) is 3.15. The maximum absolute atomic E-state index is 8.46. The molecule has 0 aromatic heterocycles. The smallest absolute Gasteiger partial charge is 0.120 e. The van der Waals surface area contributed by atoms with E-state index in [2.05, 4.69) is 19.9 Å². The highest BCUT2D eigenvalue weighted by atomic mass is 35.5. The van der Waals surface area contributed by atoms with Crippen molar-refractivity contribution >= 4 is 11.6 Å². The summed E-state index contributed by atoms with van der Waals surface area (Å²) in [7, 11) is 0. The topological polar surface area (TPSA) is 23.8 Å². The van der Waals surface area contributed by atoms with Gasteiger partial charge in [0.15, 0.2) is 0 Å². The van der Waals surface area contributed by atoms with Gasteiger partial charge < -0.3 is 0 Å². The Morgan fingerprint density at radius 1 is 1.58 bits per heavy atom. The molecule has 0 aliphatic rings. The highest BCUT2D eigenvalue weighted by molar-refractivity contribution is 6.22. The van der Waals surface area contributed by atoms with E-state index in [-0.39, 0.29) is 5.38 Å². The van der Waals surface area contributed by atoms with Crippen molar-refractivity contribution in [1.82, 2.24) is 0 Å². The third-order valence-corrected chi connectivity index (χ3v) is 2.25. The van der Waals surface area contributed by atoms with E-state index in [9.17, 15) is 0 Å². The summed E-state index contributed by atoms with van der Waals surface area (Å²) in [6.07, 6.45) is 3.82. The monoisotopic (exact) mass is 185 g/mol. The van der Waals surface area contributed by atoms with Gasteiger partial charge in [-0.3, -0.25) is 0 Å². The first kappa shape index (κ1) is 11.5. The third kappa shape index (κ3) is 4.41. The van der Waals surface area contributed by atoms with Crippen LogP contribution in [0.2, 0.25) is 0 Å². The van der Waals surface area contributed by atoms with E-state index in [4.69, 9.17) is 16.9 Å². The highest BCUT2D eigenvalue weighted by Crippen LogP contribution is 2.18. The van der Waals surface area contributed by atoms with Gasteiger partial charge in [-0.1, -0.05) is 25.5 Å². The minimum Gasteiger partial charge on any atom is -0.197 e. The number of allylic oxidation sites excluding steroid dienone is 2. The lowest BCUT2D eigenvalue weighted by Gasteiger charge is -2.10. The molecule has 0 aliphatic carbocycles. The lowest BCUT2D eigenvalue weighted by molar-refractivity contribution is 0.688. The molecule has 0 radical (unpaired) electrons. The number of rotatable bonds is 4. The standard InChI is InChI=1S/C10H16ClN/c1-4-9(8(2)3)5-6-10(11)7-12/h4,8,10H,5-6H2,1-3H3/b9-4+. The highest BCUT2D eigenvalue weighted by Gasteiger charge is 2.06. The van der Waals surface area contributed by atoms with Crippen LogP contribution in [0.5, 0.6) is 0 Å². The Labute approximate surface area is 80.0 Å². The Kier molecular flexibility index (Phi) is 5.84. The number of nitriles is 1. The van der Waals surface area contributed by atoms with Crippen LogP contribution in [0.25, 0.3) is 0 Å². The molecular weight excluding hydrogens is 170 g/mol. The summed E-state index contributed by atoms with van der Waals surface area (Å²) in [5, 5.41) is 8.12. The van der Waals surface area contributed by atoms with E-state index in [0.717, 1.165) is 12.8 Å². The first-order chi connectivity index (χ1) is 5.61. The molecule has 1 nitrogen and oxygen atoms in total. The Morgan fingerprint density at radius 3 is 2.50 bits per heavy atom. The third-order valence-electron chi connectivity index (χ3n) is 1.94. The zero-order valence-electron chi connectivity index (χ0n) is 7.97. The van der Waals surface area contributed by atoms with Gasteiger partial charge in [0.25, 0.3) is 0 Å². The normalized spacial score (nSPS) is 14.5. The van der Waals surface area contributed by atoms with Crippen molar-refractivity contribution in [3.63, 3.8) is 0 Å². The van der Waals surface area contributed by atoms with Gasteiger partial charge >= 0.3 is 0 Å². The lowest BCUT2D eigenvalue weighted by Crippen LogP contribution is -1.99. The van der Waals surface area contributed by atoms with Gasteiger partial charge in [0, 0.05) is 0 Å². The minimum absolute atomic E-state index is 0.335. The van der Waals surface area contributed by atoms with Gasteiger partial charge in [-0.25, -0.2) is 0 Å². The molecule has 0 bridgehead atoms. The predicted molar refractivity (Wildman–Crippen MR) is 53.1 cm³/mol. The number of nitrogens with zero attached hydrogens (tertiary/aromatic N) is 1. The van der Waals surface area contributed by atoms with Crippen LogP contribution in [-0.4, -0.2) is 5.38 Å². The van der Waals surface area contributed by atoms with Gasteiger partial charge in [0.05, 0.1) is 6.07 Å². The summed E-state index contributed by atoms with van der Waals surface area (Å²) >= 11 is 5.68. The van der Waals surface area contributed by atoms with Crippen molar-refractivity contribution in [2.45, 2.75) is 39.0 Å². The molecule has 68 valence electrons. The molecule has 0 saturated heterocycles. The molecule has 0 aromatic carbocycles. The van der Waals surface area contributed by atoms with Crippen molar-refractivity contribution in [2.75, 3.05) is 0 Å². The van der Waals surface area contributed by atoms with Gasteiger partial charge in [-0.15, -0.1) is 11.6 Å². The molecule has 0 heterocycles. The molecule has 2 heteroatoms. The molecule has 0 saturated carbocycles. The van der Waals surface area contributed by atoms with E-state index in [1.165, 1.54) is 5.57 Å². The SMILES string of the molecule is C/C=C(\CCC(Cl)C#N)C(C)C. The van der Waals surface area contributed by atoms with Crippen LogP contribution in [0, 0.1) is 17.2 Å². The van der Waals surface area contributed by atoms with Gasteiger partial charge in [0.2, 0.25) is 0 Å². The fourth-order valence-electron chi connectivity index (χ4n) is 1.12. The van der Waals surface area contributed by atoms with Crippen LogP contribution in [0.15, 0.2) is 11.6 Å². The zero-order chi connectivity index (χ0) is 9.56. The fraction of sp³-hybridized carbons (Fsp3) is 0.700. The number of halogens is 1. The van der Waals surface area contributed by atoms with Gasteiger partial charge in [0.1, 0.15) is 5.38 Å². The van der Waals surface area contributed by atoms with Crippen LogP contribution >= 0.6 is 11.6 Å². The average Bonchev–Trinajstić information content (AvgIpc) is 2.04. The van der Waals surface area contributed by atoms with E-state index < -0.39 is 0 Å². The summed E-state index contributed by atoms with van der Waals surface area (Å²) in [5.41, 5.74) is 1.39. The van der Waals surface area contributed by atoms with Crippen molar-refractivity contribution < 1.29 is 0 Å². The molecule has 0 N–H and O–H groups in total. The van der Waals surface area contributed by atoms with Crippen LogP contribution in [-0.2, 0) is 0 Å². The molecule has 0 spiro atoms. The first-order valence-corrected chi connectivity index (χ1v) is 4.74. The van der Waals surface area contributed by atoms with Crippen molar-refractivity contribution in [3.8, 4) is 6.07 Å². The van der Waals surface area contributed by atoms with Crippen molar-refractivity contribution in [2.24, 2.45) is 5.92 Å². The largest absolute Gasteiger partial charge is 0.197 e. The Bertz CT molecular complexity index is 189. The first-order valence-electron chi connectivity index (χ1n) is 4.30. The molecular formula is C10H16ClN. The second kappa shape index (κ2) is 6.08. The van der Waals surface area contributed by atoms with E-state index in [1.54, 1.807) is 0 Å². The van der Waals surface area contributed by atoms with Gasteiger partial charge in [-0.05, 0) is 25.7 Å². The zero-order valence-corrected chi connectivity index (χ0v) is 8.73. The molecule has 1 atom stereocenters. The second-order valence-corrected chi connectivity index (χ2v) is 3.68. The van der Waals surface area contributed by atoms with Crippen molar-refractivity contribution in [3.05, 3.63) is 11.6 Å². The maximum Gasteiger partial charge on any atom is 0.120 e. The van der Waals surface area contributed by atoms with Gasteiger partial charge in [-0.2, -0.15) is 5.26 Å². The molecule has 0 fully saturated rings. The molecule has 1 unspecified atom stereocenters. The Morgan fingerprint density at radius 2 is 2.17 bits per heavy atom. The molecule has 0 rings (SSSR count). The number of hydrogen-bond acceptors (Lipinski definition) is 1. The van der Waals surface area contributed by atoms with Crippen LogP contribution in [0.3, 0.4) is 0 Å². The summed E-state index contributed by atoms with van der Waals surface area (Å²) in [6, 6.07) is 2.02. The average molecular weight is 186 g/mol. The summed E-state index contributed by atoms with van der Waals surface area (Å²) in [6.45, 7) is 6.35. The quantitative estimate of drug-likeness (QED) is 0.486. The summed E-state index contributed by atoms with van der Waals surface area (Å²) in [4.78, 5) is 0. The fourth-order valence-corrected chi connectivity index (χ4v) is 1.23. The Hall–Kier alpha value is -0.480. The number of hydrogen-bond donors (Lipinski definition) is 0. The molecule has 0 aliphatic heterocycles. The molecule has 12 heavy (non-hydrogen) atoms. The molecule has 0 amide bonds. The summed E-state index contributed by atoms with van der Waals surface area (Å²) < 4.78 is 0. The predicted octanol–water partition coefficient (Wildman–Crippen LogP) is 3.50. The van der Waals surface area contributed by atoms with E-state index >= 15 is 0 Å².